The fourth-order valence-electron chi connectivity index (χ4n) is 2.43. The second kappa shape index (κ2) is 7.61. The minimum Gasteiger partial charge on any atom is -0.355 e. The molecule has 22 heavy (non-hydrogen) atoms. The number of anilines is 1. The van der Waals surface area contributed by atoms with Gasteiger partial charge in [-0.1, -0.05) is 18.5 Å². The number of likely N-dealkylation sites (N-methyl/N-ethyl adjacent to an activating group) is 1. The molecule has 0 bridgehead atoms. The van der Waals surface area contributed by atoms with Gasteiger partial charge in [-0.3, -0.25) is 9.59 Å². The van der Waals surface area contributed by atoms with Gasteiger partial charge in [0.2, 0.25) is 11.8 Å². The Morgan fingerprint density at radius 1 is 1.41 bits per heavy atom. The van der Waals surface area contributed by atoms with Crippen molar-refractivity contribution in [2.24, 2.45) is 5.92 Å². The highest BCUT2D eigenvalue weighted by molar-refractivity contribution is 6.30. The number of rotatable bonds is 6. The van der Waals surface area contributed by atoms with E-state index in [0.717, 1.165) is 18.8 Å². The van der Waals surface area contributed by atoms with Crippen molar-refractivity contribution < 1.29 is 9.59 Å². The second-order valence-electron chi connectivity index (χ2n) is 5.57. The third kappa shape index (κ3) is 4.21. The van der Waals surface area contributed by atoms with Crippen LogP contribution in [0.15, 0.2) is 24.3 Å². The molecular formula is C16H22ClN3O2. The van der Waals surface area contributed by atoms with Gasteiger partial charge in [-0.25, -0.2) is 0 Å². The predicted octanol–water partition coefficient (Wildman–Crippen LogP) is 1.76. The minimum absolute atomic E-state index is 0.0202. The van der Waals surface area contributed by atoms with Crippen molar-refractivity contribution in [1.82, 2.24) is 10.2 Å². The molecule has 2 rings (SSSR count). The molecule has 1 aliphatic heterocycles. The largest absolute Gasteiger partial charge is 0.355 e. The van der Waals surface area contributed by atoms with Crippen LogP contribution in [-0.4, -0.2) is 49.9 Å². The average Bonchev–Trinajstić information content (AvgIpc) is 2.90. The molecule has 1 aromatic rings. The fourth-order valence-corrected chi connectivity index (χ4v) is 2.55. The standard InChI is InChI=1S/C16H22ClN3O2/c1-3-19(2)9-8-18-16(22)12-10-15(21)20(11-12)14-6-4-13(17)5-7-14/h4-7,12H,3,8-11H2,1-2H3,(H,18,22)/t12-/m1/s1. The smallest absolute Gasteiger partial charge is 0.227 e. The number of hydrogen-bond acceptors (Lipinski definition) is 3. The lowest BCUT2D eigenvalue weighted by Crippen LogP contribution is -2.37. The zero-order chi connectivity index (χ0) is 16.1. The molecule has 1 aliphatic rings. The summed E-state index contributed by atoms with van der Waals surface area (Å²) in [6.07, 6.45) is 0.262. The lowest BCUT2D eigenvalue weighted by molar-refractivity contribution is -0.126. The Morgan fingerprint density at radius 3 is 2.73 bits per heavy atom. The lowest BCUT2D eigenvalue weighted by atomic mass is 10.1. The number of hydrogen-bond donors (Lipinski definition) is 1. The van der Waals surface area contributed by atoms with E-state index < -0.39 is 0 Å². The molecule has 2 amide bonds. The van der Waals surface area contributed by atoms with Crippen molar-refractivity contribution in [3.63, 3.8) is 0 Å². The van der Waals surface area contributed by atoms with Crippen LogP contribution in [0.4, 0.5) is 5.69 Å². The van der Waals surface area contributed by atoms with Crippen molar-refractivity contribution in [3.05, 3.63) is 29.3 Å². The first-order chi connectivity index (χ1) is 10.5. The monoisotopic (exact) mass is 323 g/mol. The molecule has 6 heteroatoms. The van der Waals surface area contributed by atoms with Gasteiger partial charge in [0, 0.05) is 36.8 Å². The Kier molecular flexibility index (Phi) is 5.80. The van der Waals surface area contributed by atoms with Crippen molar-refractivity contribution in [2.45, 2.75) is 13.3 Å². The molecule has 5 nitrogen and oxygen atoms in total. The van der Waals surface area contributed by atoms with Crippen molar-refractivity contribution >= 4 is 29.1 Å². The highest BCUT2D eigenvalue weighted by Crippen LogP contribution is 2.26. The molecule has 1 fully saturated rings. The lowest BCUT2D eigenvalue weighted by Gasteiger charge is -2.17. The molecule has 120 valence electrons. The highest BCUT2D eigenvalue weighted by Gasteiger charge is 2.34. The first kappa shape index (κ1) is 16.8. The van der Waals surface area contributed by atoms with E-state index in [9.17, 15) is 9.59 Å². The van der Waals surface area contributed by atoms with E-state index in [4.69, 9.17) is 11.6 Å². The van der Waals surface area contributed by atoms with E-state index in [2.05, 4.69) is 17.1 Å². The number of carbonyl (C=O) groups is 2. The Labute approximate surface area is 136 Å². The molecule has 1 atom stereocenters. The minimum atomic E-state index is -0.282. The molecule has 0 aromatic heterocycles. The van der Waals surface area contributed by atoms with Gasteiger partial charge >= 0.3 is 0 Å². The summed E-state index contributed by atoms with van der Waals surface area (Å²) in [7, 11) is 2.01. The first-order valence-corrected chi connectivity index (χ1v) is 7.91. The van der Waals surface area contributed by atoms with Crippen LogP contribution in [0.1, 0.15) is 13.3 Å². The van der Waals surface area contributed by atoms with Crippen molar-refractivity contribution in [3.8, 4) is 0 Å². The van der Waals surface area contributed by atoms with Gasteiger partial charge in [-0.15, -0.1) is 0 Å². The molecule has 0 spiro atoms. The number of halogens is 1. The molecular weight excluding hydrogens is 302 g/mol. The van der Waals surface area contributed by atoms with Crippen LogP contribution in [-0.2, 0) is 9.59 Å². The number of nitrogens with zero attached hydrogens (tertiary/aromatic N) is 2. The fraction of sp³-hybridized carbons (Fsp3) is 0.500. The zero-order valence-electron chi connectivity index (χ0n) is 13.0. The molecule has 0 radical (unpaired) electrons. The quantitative estimate of drug-likeness (QED) is 0.868. The van der Waals surface area contributed by atoms with Gasteiger partial charge in [-0.2, -0.15) is 0 Å². The van der Waals surface area contributed by atoms with E-state index in [0.29, 0.717) is 18.1 Å². The van der Waals surface area contributed by atoms with Crippen LogP contribution in [0.2, 0.25) is 5.02 Å². The predicted molar refractivity (Wildman–Crippen MR) is 88.1 cm³/mol. The van der Waals surface area contributed by atoms with Gasteiger partial charge in [0.15, 0.2) is 0 Å². The third-order valence-corrected chi connectivity index (χ3v) is 4.22. The number of nitrogens with one attached hydrogen (secondary N) is 1. The summed E-state index contributed by atoms with van der Waals surface area (Å²) in [5.41, 5.74) is 0.787. The summed E-state index contributed by atoms with van der Waals surface area (Å²) >= 11 is 5.86. The topological polar surface area (TPSA) is 52.7 Å². The number of carbonyl (C=O) groups excluding carboxylic acids is 2. The van der Waals surface area contributed by atoms with Gasteiger partial charge in [-0.05, 0) is 37.9 Å². The van der Waals surface area contributed by atoms with Gasteiger partial charge in [0.25, 0.3) is 0 Å². The summed E-state index contributed by atoms with van der Waals surface area (Å²) in [4.78, 5) is 28.0. The molecule has 1 saturated heterocycles. The summed E-state index contributed by atoms with van der Waals surface area (Å²) in [5, 5.41) is 3.54. The summed E-state index contributed by atoms with van der Waals surface area (Å²) in [5.74, 6) is -0.349. The van der Waals surface area contributed by atoms with E-state index in [1.54, 1.807) is 29.2 Å². The maximum Gasteiger partial charge on any atom is 0.227 e. The average molecular weight is 324 g/mol. The van der Waals surface area contributed by atoms with Crippen molar-refractivity contribution in [2.75, 3.05) is 38.1 Å². The van der Waals surface area contributed by atoms with E-state index >= 15 is 0 Å². The summed E-state index contributed by atoms with van der Waals surface area (Å²) in [6.45, 7) is 4.86. The van der Waals surface area contributed by atoms with Crippen LogP contribution in [0.3, 0.4) is 0 Å². The molecule has 0 saturated carbocycles. The molecule has 0 unspecified atom stereocenters. The van der Waals surface area contributed by atoms with Crippen LogP contribution in [0, 0.1) is 5.92 Å². The van der Waals surface area contributed by atoms with Gasteiger partial charge in [0.1, 0.15) is 0 Å². The third-order valence-electron chi connectivity index (χ3n) is 3.97. The molecule has 1 heterocycles. The number of benzene rings is 1. The Balaban J connectivity index is 1.88. The van der Waals surface area contributed by atoms with Gasteiger partial charge in [0.05, 0.1) is 5.92 Å². The van der Waals surface area contributed by atoms with Crippen LogP contribution >= 0.6 is 11.6 Å². The maximum absolute atomic E-state index is 12.2. The highest BCUT2D eigenvalue weighted by atomic mass is 35.5. The van der Waals surface area contributed by atoms with Crippen LogP contribution < -0.4 is 10.2 Å². The number of amides is 2. The first-order valence-electron chi connectivity index (χ1n) is 7.53. The van der Waals surface area contributed by atoms with Crippen molar-refractivity contribution in [1.29, 1.82) is 0 Å². The van der Waals surface area contributed by atoms with E-state index in [-0.39, 0.29) is 24.2 Å². The molecule has 1 aromatic carbocycles. The summed E-state index contributed by atoms with van der Waals surface area (Å²) in [6, 6.07) is 7.10. The van der Waals surface area contributed by atoms with Crippen LogP contribution in [0.5, 0.6) is 0 Å². The van der Waals surface area contributed by atoms with E-state index in [1.165, 1.54) is 0 Å². The van der Waals surface area contributed by atoms with Crippen LogP contribution in [0.25, 0.3) is 0 Å². The zero-order valence-corrected chi connectivity index (χ0v) is 13.8. The molecule has 1 N–H and O–H groups in total. The van der Waals surface area contributed by atoms with E-state index in [1.807, 2.05) is 7.05 Å². The normalized spacial score (nSPS) is 18.1. The van der Waals surface area contributed by atoms with Gasteiger partial charge < -0.3 is 15.1 Å². The maximum atomic E-state index is 12.2. The Bertz CT molecular complexity index is 533. The SMILES string of the molecule is CCN(C)CCNC(=O)[C@@H]1CC(=O)N(c2ccc(Cl)cc2)C1. The Morgan fingerprint density at radius 2 is 2.09 bits per heavy atom. The summed E-state index contributed by atoms with van der Waals surface area (Å²) < 4.78 is 0. The Hall–Kier alpha value is -1.59. The second-order valence-corrected chi connectivity index (χ2v) is 6.01. The molecule has 0 aliphatic carbocycles.